The van der Waals surface area contributed by atoms with Crippen LogP contribution in [0.25, 0.3) is 0 Å². The normalized spacial score (nSPS) is 25.9. The molecule has 0 radical (unpaired) electrons. The Morgan fingerprint density at radius 3 is 2.70 bits per heavy atom. The SMILES string of the molecule is CN1C(=O)NC(=O)C2C1N=C(NC1CCCCC1)N2Cc1ccccc1Cl. The number of carbonyl (C=O) groups excluding carboxylic acids is 2. The van der Waals surface area contributed by atoms with Gasteiger partial charge in [0, 0.05) is 24.7 Å². The van der Waals surface area contributed by atoms with Gasteiger partial charge < -0.3 is 15.1 Å². The van der Waals surface area contributed by atoms with Crippen LogP contribution in [0.15, 0.2) is 29.3 Å². The van der Waals surface area contributed by atoms with E-state index in [4.69, 9.17) is 16.6 Å². The minimum absolute atomic E-state index is 0.320. The van der Waals surface area contributed by atoms with E-state index in [1.54, 1.807) is 7.05 Å². The van der Waals surface area contributed by atoms with Gasteiger partial charge in [-0.3, -0.25) is 10.1 Å². The molecule has 7 nitrogen and oxygen atoms in total. The minimum Gasteiger partial charge on any atom is -0.353 e. The van der Waals surface area contributed by atoms with Crippen molar-refractivity contribution in [3.63, 3.8) is 0 Å². The number of carbonyl (C=O) groups is 2. The highest BCUT2D eigenvalue weighted by molar-refractivity contribution is 6.31. The molecule has 1 saturated carbocycles. The van der Waals surface area contributed by atoms with E-state index in [9.17, 15) is 9.59 Å². The quantitative estimate of drug-likeness (QED) is 0.831. The Morgan fingerprint density at radius 2 is 1.96 bits per heavy atom. The second-order valence-electron chi connectivity index (χ2n) is 7.42. The van der Waals surface area contributed by atoms with E-state index in [-0.39, 0.29) is 5.91 Å². The lowest BCUT2D eigenvalue weighted by Crippen LogP contribution is -2.64. The molecule has 2 atom stereocenters. The van der Waals surface area contributed by atoms with Crippen molar-refractivity contribution >= 4 is 29.5 Å². The van der Waals surface area contributed by atoms with Crippen molar-refractivity contribution in [2.75, 3.05) is 7.05 Å². The minimum atomic E-state index is -0.560. The first-order chi connectivity index (χ1) is 13.0. The summed E-state index contributed by atoms with van der Waals surface area (Å²) in [5.74, 6) is 0.355. The third-order valence-corrected chi connectivity index (χ3v) is 5.97. The molecule has 1 saturated heterocycles. The average molecular weight is 390 g/mol. The van der Waals surface area contributed by atoms with Crippen molar-refractivity contribution in [3.8, 4) is 0 Å². The van der Waals surface area contributed by atoms with Gasteiger partial charge in [-0.05, 0) is 24.5 Å². The molecule has 144 valence electrons. The first kappa shape index (κ1) is 18.1. The highest BCUT2D eigenvalue weighted by Gasteiger charge is 2.48. The molecule has 1 aromatic carbocycles. The lowest BCUT2D eigenvalue weighted by molar-refractivity contribution is -0.127. The molecule has 2 heterocycles. The van der Waals surface area contributed by atoms with Crippen LogP contribution in [0.2, 0.25) is 5.02 Å². The van der Waals surface area contributed by atoms with E-state index in [2.05, 4.69) is 10.6 Å². The van der Waals surface area contributed by atoms with E-state index in [0.717, 1.165) is 18.4 Å². The molecule has 1 aliphatic carbocycles. The van der Waals surface area contributed by atoms with Crippen LogP contribution in [-0.4, -0.2) is 53.0 Å². The number of likely N-dealkylation sites (N-methyl/N-ethyl adjacent to an activating group) is 1. The van der Waals surface area contributed by atoms with Gasteiger partial charge in [0.15, 0.2) is 18.2 Å². The molecule has 4 rings (SSSR count). The maximum Gasteiger partial charge on any atom is 0.325 e. The summed E-state index contributed by atoms with van der Waals surface area (Å²) in [7, 11) is 1.67. The number of nitrogens with zero attached hydrogens (tertiary/aromatic N) is 3. The van der Waals surface area contributed by atoms with Gasteiger partial charge in [0.2, 0.25) is 0 Å². The van der Waals surface area contributed by atoms with Gasteiger partial charge in [0.1, 0.15) is 0 Å². The van der Waals surface area contributed by atoms with Crippen molar-refractivity contribution in [2.45, 2.75) is 56.9 Å². The van der Waals surface area contributed by atoms with Gasteiger partial charge in [-0.15, -0.1) is 0 Å². The van der Waals surface area contributed by atoms with Crippen molar-refractivity contribution < 1.29 is 9.59 Å². The van der Waals surface area contributed by atoms with E-state index >= 15 is 0 Å². The Labute approximate surface area is 163 Å². The molecule has 2 unspecified atom stereocenters. The fourth-order valence-corrected chi connectivity index (χ4v) is 4.25. The number of fused-ring (bicyclic) bond motifs is 1. The molecule has 1 aromatic rings. The molecular formula is C19H24ClN5O2. The standard InChI is InChI=1S/C19H24ClN5O2/c1-24-16-15(17(26)23-19(24)27)25(11-12-7-5-6-10-14(12)20)18(22-16)21-13-8-3-2-4-9-13/h5-7,10,13,15-16H,2-4,8-9,11H2,1H3,(H,21,22)(H,23,26,27). The molecule has 0 aromatic heterocycles. The molecule has 8 heteroatoms. The van der Waals surface area contributed by atoms with Crippen molar-refractivity contribution in [1.82, 2.24) is 20.4 Å². The Balaban J connectivity index is 1.63. The maximum absolute atomic E-state index is 12.6. The molecule has 0 bridgehead atoms. The summed E-state index contributed by atoms with van der Waals surface area (Å²) in [4.78, 5) is 32.8. The van der Waals surface area contributed by atoms with E-state index in [1.165, 1.54) is 24.2 Å². The summed E-state index contributed by atoms with van der Waals surface area (Å²) in [6, 6.07) is 6.97. The summed E-state index contributed by atoms with van der Waals surface area (Å²) in [6.45, 7) is 0.453. The summed E-state index contributed by atoms with van der Waals surface area (Å²) in [5.41, 5.74) is 0.922. The number of guanidine groups is 1. The lowest BCUT2D eigenvalue weighted by Gasteiger charge is -2.37. The third-order valence-electron chi connectivity index (χ3n) is 5.60. The number of hydrogen-bond donors (Lipinski definition) is 2. The molecule has 2 aliphatic heterocycles. The third kappa shape index (κ3) is 3.48. The monoisotopic (exact) mass is 389 g/mol. The zero-order chi connectivity index (χ0) is 19.0. The Hall–Kier alpha value is -2.28. The molecule has 2 fully saturated rings. The lowest BCUT2D eigenvalue weighted by atomic mass is 9.96. The average Bonchev–Trinajstić information content (AvgIpc) is 3.01. The molecule has 3 amide bonds. The fourth-order valence-electron chi connectivity index (χ4n) is 4.06. The first-order valence-electron chi connectivity index (χ1n) is 9.46. The number of imide groups is 1. The van der Waals surface area contributed by atoms with Gasteiger partial charge in [-0.25, -0.2) is 9.79 Å². The number of halogens is 1. The number of benzene rings is 1. The maximum atomic E-state index is 12.6. The highest BCUT2D eigenvalue weighted by atomic mass is 35.5. The fraction of sp³-hybridized carbons (Fsp3) is 0.526. The Morgan fingerprint density at radius 1 is 1.22 bits per heavy atom. The number of urea groups is 1. The first-order valence-corrected chi connectivity index (χ1v) is 9.84. The number of aliphatic imine (C=N–C) groups is 1. The Bertz CT molecular complexity index is 777. The van der Waals surface area contributed by atoms with Gasteiger partial charge in [0.25, 0.3) is 5.91 Å². The van der Waals surface area contributed by atoms with Crippen LogP contribution in [-0.2, 0) is 11.3 Å². The number of nitrogens with one attached hydrogen (secondary N) is 2. The predicted octanol–water partition coefficient (Wildman–Crippen LogP) is 2.31. The van der Waals surface area contributed by atoms with Crippen LogP contribution in [0, 0.1) is 0 Å². The number of rotatable bonds is 3. The van der Waals surface area contributed by atoms with E-state index in [0.29, 0.717) is 23.6 Å². The van der Waals surface area contributed by atoms with Crippen molar-refractivity contribution in [3.05, 3.63) is 34.9 Å². The Kier molecular flexibility index (Phi) is 4.95. The summed E-state index contributed by atoms with van der Waals surface area (Å²) < 4.78 is 0. The van der Waals surface area contributed by atoms with Gasteiger partial charge in [-0.1, -0.05) is 49.1 Å². The number of amides is 3. The van der Waals surface area contributed by atoms with E-state index < -0.39 is 18.2 Å². The number of hydrogen-bond acceptors (Lipinski definition) is 5. The summed E-state index contributed by atoms with van der Waals surface area (Å²) in [5, 5.41) is 6.61. The second kappa shape index (κ2) is 7.38. The van der Waals surface area contributed by atoms with Crippen LogP contribution in [0.4, 0.5) is 4.79 Å². The van der Waals surface area contributed by atoms with Crippen LogP contribution in [0.5, 0.6) is 0 Å². The highest BCUT2D eigenvalue weighted by Crippen LogP contribution is 2.28. The molecule has 3 aliphatic rings. The molecule has 0 spiro atoms. The predicted molar refractivity (Wildman–Crippen MR) is 103 cm³/mol. The van der Waals surface area contributed by atoms with Gasteiger partial charge in [-0.2, -0.15) is 0 Å². The van der Waals surface area contributed by atoms with Crippen LogP contribution < -0.4 is 10.6 Å². The molecular weight excluding hydrogens is 366 g/mol. The van der Waals surface area contributed by atoms with Crippen LogP contribution in [0.1, 0.15) is 37.7 Å². The van der Waals surface area contributed by atoms with Crippen LogP contribution >= 0.6 is 11.6 Å². The topological polar surface area (TPSA) is 77.0 Å². The van der Waals surface area contributed by atoms with Crippen LogP contribution in [0.3, 0.4) is 0 Å². The summed E-state index contributed by atoms with van der Waals surface area (Å²) in [6.07, 6.45) is 5.31. The van der Waals surface area contributed by atoms with Gasteiger partial charge >= 0.3 is 6.03 Å². The largest absolute Gasteiger partial charge is 0.353 e. The summed E-state index contributed by atoms with van der Waals surface area (Å²) >= 11 is 6.35. The second-order valence-corrected chi connectivity index (χ2v) is 7.82. The zero-order valence-electron chi connectivity index (χ0n) is 15.3. The van der Waals surface area contributed by atoms with Crippen molar-refractivity contribution in [2.24, 2.45) is 4.99 Å². The zero-order valence-corrected chi connectivity index (χ0v) is 16.1. The molecule has 27 heavy (non-hydrogen) atoms. The van der Waals surface area contributed by atoms with Crippen molar-refractivity contribution in [1.29, 1.82) is 0 Å². The molecule has 2 N–H and O–H groups in total. The van der Waals surface area contributed by atoms with E-state index in [1.807, 2.05) is 29.2 Å². The van der Waals surface area contributed by atoms with Gasteiger partial charge in [0.05, 0.1) is 0 Å². The smallest absolute Gasteiger partial charge is 0.325 e.